The summed E-state index contributed by atoms with van der Waals surface area (Å²) < 4.78 is 14.7. The van der Waals surface area contributed by atoms with E-state index < -0.39 is 22.7 Å². The zero-order valence-corrected chi connectivity index (χ0v) is 20.7. The van der Waals surface area contributed by atoms with Gasteiger partial charge < -0.3 is 10.6 Å². The Morgan fingerprint density at radius 3 is 2.56 bits per heavy atom. The van der Waals surface area contributed by atoms with Gasteiger partial charge in [0.25, 0.3) is 11.5 Å². The molecular formula is C27H24ClFN4O3. The van der Waals surface area contributed by atoms with Gasteiger partial charge in [-0.15, -0.1) is 0 Å². The van der Waals surface area contributed by atoms with E-state index in [-0.39, 0.29) is 23.0 Å². The summed E-state index contributed by atoms with van der Waals surface area (Å²) >= 11 is 6.27. The number of amides is 2. The van der Waals surface area contributed by atoms with Gasteiger partial charge in [-0.1, -0.05) is 50.6 Å². The van der Waals surface area contributed by atoms with Gasteiger partial charge in [-0.2, -0.15) is 9.78 Å². The number of carbonyl (C=O) groups is 2. The molecule has 1 heterocycles. The van der Waals surface area contributed by atoms with Crippen LogP contribution in [0.5, 0.6) is 0 Å². The molecule has 0 radical (unpaired) electrons. The summed E-state index contributed by atoms with van der Waals surface area (Å²) in [5, 5.41) is 10.9. The lowest BCUT2D eigenvalue weighted by molar-refractivity contribution is -0.128. The maximum Gasteiger partial charge on any atom is 0.279 e. The number of fused-ring (bicyclic) bond motifs is 1. The molecule has 4 rings (SSSR count). The monoisotopic (exact) mass is 506 g/mol. The summed E-state index contributed by atoms with van der Waals surface area (Å²) in [6.45, 7) is 5.69. The first-order valence-corrected chi connectivity index (χ1v) is 11.6. The Kier molecular flexibility index (Phi) is 6.90. The van der Waals surface area contributed by atoms with Gasteiger partial charge in [0.05, 0.1) is 27.9 Å². The molecule has 3 aromatic carbocycles. The molecule has 0 unspecified atom stereocenters. The van der Waals surface area contributed by atoms with Crippen LogP contribution in [0.15, 0.2) is 71.7 Å². The third-order valence-corrected chi connectivity index (χ3v) is 5.84. The van der Waals surface area contributed by atoms with E-state index in [0.29, 0.717) is 27.7 Å². The molecule has 2 amide bonds. The Morgan fingerprint density at radius 1 is 1.06 bits per heavy atom. The van der Waals surface area contributed by atoms with Crippen LogP contribution in [-0.4, -0.2) is 21.6 Å². The van der Waals surface area contributed by atoms with Crippen LogP contribution >= 0.6 is 11.6 Å². The highest BCUT2D eigenvalue weighted by molar-refractivity contribution is 6.34. The summed E-state index contributed by atoms with van der Waals surface area (Å²) in [7, 11) is 0. The average Bonchev–Trinajstić information content (AvgIpc) is 2.83. The second kappa shape index (κ2) is 9.91. The smallest absolute Gasteiger partial charge is 0.279 e. The molecule has 2 N–H and O–H groups in total. The first-order chi connectivity index (χ1) is 17.0. The van der Waals surface area contributed by atoms with Crippen molar-refractivity contribution in [3.63, 3.8) is 0 Å². The lowest BCUT2D eigenvalue weighted by Crippen LogP contribution is -2.34. The fourth-order valence-electron chi connectivity index (χ4n) is 3.51. The molecule has 1 aromatic heterocycles. The lowest BCUT2D eigenvalue weighted by Gasteiger charge is -2.18. The average molecular weight is 507 g/mol. The summed E-state index contributed by atoms with van der Waals surface area (Å²) in [5.41, 5.74) is 0.619. The van der Waals surface area contributed by atoms with Crippen molar-refractivity contribution in [3.8, 4) is 5.69 Å². The predicted molar refractivity (Wildman–Crippen MR) is 138 cm³/mol. The molecule has 36 heavy (non-hydrogen) atoms. The number of rotatable bonds is 5. The Hall–Kier alpha value is -4.04. The van der Waals surface area contributed by atoms with Crippen molar-refractivity contribution in [1.29, 1.82) is 0 Å². The van der Waals surface area contributed by atoms with Gasteiger partial charge >= 0.3 is 0 Å². The Morgan fingerprint density at radius 2 is 1.83 bits per heavy atom. The molecule has 0 aliphatic heterocycles. The van der Waals surface area contributed by atoms with Crippen LogP contribution < -0.4 is 16.2 Å². The Balaban J connectivity index is 1.59. The standard InChI is InChI=1S/C27H24ClFN4O3/c1-27(2,3)26(36)30-14-16-7-10-23(28)22(11-16)24(34)32-19-9-8-17-15-31-33(25(35)21(17)13-19)20-6-4-5-18(29)12-20/h4-13,15H,14H2,1-3H3,(H,30,36)(H,32,34). The minimum atomic E-state index is -0.536. The van der Waals surface area contributed by atoms with Crippen LogP contribution in [-0.2, 0) is 11.3 Å². The number of benzene rings is 3. The molecular weight excluding hydrogens is 483 g/mol. The number of carbonyl (C=O) groups excluding carboxylic acids is 2. The molecule has 0 aliphatic carbocycles. The number of nitrogens with one attached hydrogen (secondary N) is 2. The van der Waals surface area contributed by atoms with E-state index in [1.807, 2.05) is 20.8 Å². The molecule has 0 saturated carbocycles. The summed E-state index contributed by atoms with van der Waals surface area (Å²) in [4.78, 5) is 38.2. The minimum absolute atomic E-state index is 0.113. The van der Waals surface area contributed by atoms with Crippen molar-refractivity contribution in [1.82, 2.24) is 15.1 Å². The number of halogens is 2. The summed E-state index contributed by atoms with van der Waals surface area (Å²) in [5.74, 6) is -1.07. The summed E-state index contributed by atoms with van der Waals surface area (Å²) in [6.07, 6.45) is 1.50. The highest BCUT2D eigenvalue weighted by Crippen LogP contribution is 2.22. The topological polar surface area (TPSA) is 93.1 Å². The van der Waals surface area contributed by atoms with E-state index in [4.69, 9.17) is 11.6 Å². The number of hydrogen-bond donors (Lipinski definition) is 2. The van der Waals surface area contributed by atoms with Crippen LogP contribution in [0.2, 0.25) is 5.02 Å². The van der Waals surface area contributed by atoms with E-state index in [1.165, 1.54) is 30.5 Å². The Labute approximate surface area is 211 Å². The van der Waals surface area contributed by atoms with Crippen molar-refractivity contribution < 1.29 is 14.0 Å². The quantitative estimate of drug-likeness (QED) is 0.394. The van der Waals surface area contributed by atoms with Gasteiger partial charge in [0.2, 0.25) is 5.91 Å². The van der Waals surface area contributed by atoms with E-state index in [1.54, 1.807) is 36.4 Å². The molecule has 0 atom stereocenters. The number of aromatic nitrogens is 2. The fourth-order valence-corrected chi connectivity index (χ4v) is 3.72. The maximum absolute atomic E-state index is 13.6. The van der Waals surface area contributed by atoms with Crippen LogP contribution in [0.1, 0.15) is 36.7 Å². The molecule has 0 spiro atoms. The highest BCUT2D eigenvalue weighted by Gasteiger charge is 2.21. The second-order valence-electron chi connectivity index (χ2n) is 9.34. The van der Waals surface area contributed by atoms with Gasteiger partial charge in [0, 0.05) is 23.0 Å². The fraction of sp³-hybridized carbons (Fsp3) is 0.185. The molecule has 0 fully saturated rings. The van der Waals surface area contributed by atoms with E-state index in [2.05, 4.69) is 15.7 Å². The molecule has 0 bridgehead atoms. The van der Waals surface area contributed by atoms with Crippen LogP contribution in [0.4, 0.5) is 10.1 Å². The Bertz CT molecular complexity index is 1540. The van der Waals surface area contributed by atoms with Crippen molar-refractivity contribution in [2.75, 3.05) is 5.32 Å². The van der Waals surface area contributed by atoms with Crippen molar-refractivity contribution in [2.45, 2.75) is 27.3 Å². The van der Waals surface area contributed by atoms with Crippen molar-refractivity contribution in [3.05, 3.63) is 99.2 Å². The molecule has 0 saturated heterocycles. The third-order valence-electron chi connectivity index (χ3n) is 5.51. The lowest BCUT2D eigenvalue weighted by atomic mass is 9.95. The SMILES string of the molecule is CC(C)(C)C(=O)NCc1ccc(Cl)c(C(=O)Nc2ccc3cnn(-c4cccc(F)c4)c(=O)c3c2)c1. The number of anilines is 1. The molecule has 9 heteroatoms. The van der Waals surface area contributed by atoms with Gasteiger partial charge in [-0.3, -0.25) is 14.4 Å². The zero-order chi connectivity index (χ0) is 26.0. The first-order valence-electron chi connectivity index (χ1n) is 11.2. The first kappa shape index (κ1) is 25.1. The molecule has 4 aromatic rings. The zero-order valence-electron chi connectivity index (χ0n) is 19.9. The highest BCUT2D eigenvalue weighted by atomic mass is 35.5. The van der Waals surface area contributed by atoms with E-state index in [9.17, 15) is 18.8 Å². The van der Waals surface area contributed by atoms with Crippen LogP contribution in [0.3, 0.4) is 0 Å². The normalized spacial score (nSPS) is 11.4. The van der Waals surface area contributed by atoms with Gasteiger partial charge in [-0.05, 0) is 48.0 Å². The molecule has 7 nitrogen and oxygen atoms in total. The largest absolute Gasteiger partial charge is 0.352 e. The van der Waals surface area contributed by atoms with E-state index >= 15 is 0 Å². The maximum atomic E-state index is 13.6. The minimum Gasteiger partial charge on any atom is -0.352 e. The van der Waals surface area contributed by atoms with E-state index in [0.717, 1.165) is 4.68 Å². The number of hydrogen-bond acceptors (Lipinski definition) is 4. The van der Waals surface area contributed by atoms with Crippen molar-refractivity contribution >= 4 is 39.9 Å². The number of nitrogens with zero attached hydrogens (tertiary/aromatic N) is 2. The van der Waals surface area contributed by atoms with Crippen LogP contribution in [0, 0.1) is 11.2 Å². The van der Waals surface area contributed by atoms with Gasteiger partial charge in [0.15, 0.2) is 0 Å². The van der Waals surface area contributed by atoms with Gasteiger partial charge in [-0.25, -0.2) is 4.39 Å². The predicted octanol–water partition coefficient (Wildman–Crippen LogP) is 5.09. The molecule has 0 aliphatic rings. The third kappa shape index (κ3) is 5.44. The second-order valence-corrected chi connectivity index (χ2v) is 9.75. The van der Waals surface area contributed by atoms with Crippen molar-refractivity contribution in [2.24, 2.45) is 5.41 Å². The van der Waals surface area contributed by atoms with Gasteiger partial charge in [0.1, 0.15) is 5.82 Å². The molecule has 184 valence electrons. The summed E-state index contributed by atoms with van der Waals surface area (Å²) in [6, 6.07) is 15.4. The van der Waals surface area contributed by atoms with Crippen LogP contribution in [0.25, 0.3) is 16.5 Å².